The van der Waals surface area contributed by atoms with Crippen LogP contribution >= 0.6 is 0 Å². The van der Waals surface area contributed by atoms with Crippen molar-refractivity contribution in [2.75, 3.05) is 10.6 Å². The zero-order chi connectivity index (χ0) is 23.8. The van der Waals surface area contributed by atoms with Gasteiger partial charge in [-0.25, -0.2) is 9.78 Å². The third-order valence-corrected chi connectivity index (χ3v) is 5.44. The number of rotatable bonds is 4. The van der Waals surface area contributed by atoms with E-state index in [1.807, 2.05) is 49.6 Å². The molecule has 2 amide bonds. The number of carbonyl (C=O) groups is 2. The van der Waals surface area contributed by atoms with Crippen molar-refractivity contribution in [3.63, 3.8) is 0 Å². The van der Waals surface area contributed by atoms with Gasteiger partial charge in [-0.2, -0.15) is 5.10 Å². The van der Waals surface area contributed by atoms with Gasteiger partial charge in [0, 0.05) is 30.6 Å². The second-order valence-corrected chi connectivity index (χ2v) is 9.28. The molecule has 2 aromatic heterocycles. The van der Waals surface area contributed by atoms with Crippen molar-refractivity contribution in [3.05, 3.63) is 60.6 Å². The Bertz CT molecular complexity index is 1180. The molecule has 0 fully saturated rings. The summed E-state index contributed by atoms with van der Waals surface area (Å²) in [5.41, 5.74) is 1.24. The van der Waals surface area contributed by atoms with Gasteiger partial charge in [0.25, 0.3) is 0 Å². The van der Waals surface area contributed by atoms with Gasteiger partial charge in [-0.1, -0.05) is 30.3 Å². The second kappa shape index (κ2) is 8.23. The van der Waals surface area contributed by atoms with Crippen molar-refractivity contribution in [1.29, 1.82) is 0 Å². The minimum Gasteiger partial charge on any atom is -0.444 e. The van der Waals surface area contributed by atoms with Crippen LogP contribution in [0.1, 0.15) is 33.3 Å². The van der Waals surface area contributed by atoms with Crippen LogP contribution < -0.4 is 16.0 Å². The maximum Gasteiger partial charge on any atom is 0.408 e. The van der Waals surface area contributed by atoms with Crippen molar-refractivity contribution in [2.45, 2.75) is 44.9 Å². The largest absolute Gasteiger partial charge is 0.444 e. The first-order chi connectivity index (χ1) is 15.5. The molecular weight excluding hydrogens is 420 g/mol. The maximum absolute atomic E-state index is 13.3. The van der Waals surface area contributed by atoms with Gasteiger partial charge in [0.05, 0.1) is 17.4 Å². The standard InChI is InChI=1S/C24H28N6O3/c1-23(2,3)33-22(32)29-24(4,17-9-7-6-8-10-17)19-21(31)27-18-11-15(12-25-20(18)28-19)16-13-26-30(5)14-16/h6-14,19H,1-5H3,(H,25,28)(H,27,31)(H,29,32)/t19-,24-/m1/s1. The fraction of sp³-hybridized carbons (Fsp3) is 0.333. The van der Waals surface area contributed by atoms with Gasteiger partial charge in [0.1, 0.15) is 11.6 Å². The van der Waals surface area contributed by atoms with Crippen molar-refractivity contribution in [3.8, 4) is 11.1 Å². The highest BCUT2D eigenvalue weighted by molar-refractivity contribution is 6.04. The number of benzene rings is 1. The molecule has 0 spiro atoms. The van der Waals surface area contributed by atoms with E-state index in [0.29, 0.717) is 11.5 Å². The number of anilines is 2. The summed E-state index contributed by atoms with van der Waals surface area (Å²) in [5.74, 6) is 0.218. The van der Waals surface area contributed by atoms with Crippen LogP contribution in [-0.2, 0) is 22.1 Å². The lowest BCUT2D eigenvalue weighted by Crippen LogP contribution is -2.61. The molecule has 172 valence electrons. The number of ether oxygens (including phenoxy) is 1. The van der Waals surface area contributed by atoms with E-state index in [1.165, 1.54) is 0 Å². The second-order valence-electron chi connectivity index (χ2n) is 9.28. The molecule has 0 bridgehead atoms. The molecule has 3 heterocycles. The van der Waals surface area contributed by atoms with E-state index in [-0.39, 0.29) is 5.91 Å². The summed E-state index contributed by atoms with van der Waals surface area (Å²) in [7, 11) is 1.84. The third kappa shape index (κ3) is 4.67. The number of fused-ring (bicyclic) bond motifs is 1. The SMILES string of the molecule is Cn1cc(-c2cnc3c(c2)NC(=O)[C@H]([C@](C)(NC(=O)OC(C)(C)C)c2ccccc2)N3)cn1. The molecule has 0 saturated carbocycles. The number of hydrogen-bond donors (Lipinski definition) is 3. The van der Waals surface area contributed by atoms with E-state index < -0.39 is 23.3 Å². The first kappa shape index (κ1) is 22.3. The Morgan fingerprint density at radius 3 is 2.48 bits per heavy atom. The lowest BCUT2D eigenvalue weighted by atomic mass is 9.83. The highest BCUT2D eigenvalue weighted by atomic mass is 16.6. The molecule has 2 atom stereocenters. The summed E-state index contributed by atoms with van der Waals surface area (Å²) in [4.78, 5) is 30.5. The van der Waals surface area contributed by atoms with Crippen LogP contribution in [0.15, 0.2) is 55.0 Å². The molecule has 9 heteroatoms. The topological polar surface area (TPSA) is 110 Å². The highest BCUT2D eigenvalue weighted by Crippen LogP contribution is 2.35. The summed E-state index contributed by atoms with van der Waals surface area (Å²) >= 11 is 0. The fourth-order valence-corrected chi connectivity index (χ4v) is 3.83. The molecule has 3 aromatic rings. The minimum atomic E-state index is -1.12. The molecule has 4 rings (SSSR count). The number of pyridine rings is 1. The van der Waals surface area contributed by atoms with E-state index in [2.05, 4.69) is 26.0 Å². The van der Waals surface area contributed by atoms with Crippen molar-refractivity contribution in [2.24, 2.45) is 7.05 Å². The molecule has 9 nitrogen and oxygen atoms in total. The van der Waals surface area contributed by atoms with Crippen LogP contribution in [-0.4, -0.2) is 38.4 Å². The molecule has 1 aliphatic heterocycles. The number of aryl methyl sites for hydroxylation is 1. The predicted octanol–water partition coefficient (Wildman–Crippen LogP) is 3.65. The van der Waals surface area contributed by atoms with Crippen LogP contribution in [0.25, 0.3) is 11.1 Å². The number of aromatic nitrogens is 3. The number of nitrogens with zero attached hydrogens (tertiary/aromatic N) is 3. The Labute approximate surface area is 192 Å². The van der Waals surface area contributed by atoms with Crippen molar-refractivity contribution < 1.29 is 14.3 Å². The quantitative estimate of drug-likeness (QED) is 0.562. The Morgan fingerprint density at radius 2 is 1.85 bits per heavy atom. The molecule has 0 unspecified atom stereocenters. The van der Waals surface area contributed by atoms with Gasteiger partial charge in [0.15, 0.2) is 5.82 Å². The monoisotopic (exact) mass is 448 g/mol. The summed E-state index contributed by atoms with van der Waals surface area (Å²) in [6.07, 6.45) is 4.72. The van der Waals surface area contributed by atoms with E-state index in [4.69, 9.17) is 4.74 Å². The average molecular weight is 449 g/mol. The average Bonchev–Trinajstić information content (AvgIpc) is 3.18. The van der Waals surface area contributed by atoms with Crippen molar-refractivity contribution >= 4 is 23.5 Å². The molecule has 1 aliphatic rings. The van der Waals surface area contributed by atoms with Gasteiger partial charge in [-0.05, 0) is 39.3 Å². The minimum absolute atomic E-state index is 0.296. The molecule has 3 N–H and O–H groups in total. The summed E-state index contributed by atoms with van der Waals surface area (Å²) in [5, 5.41) is 13.3. The summed E-state index contributed by atoms with van der Waals surface area (Å²) < 4.78 is 7.19. The fourth-order valence-electron chi connectivity index (χ4n) is 3.83. The van der Waals surface area contributed by atoms with E-state index >= 15 is 0 Å². The van der Waals surface area contributed by atoms with Crippen LogP contribution in [0.4, 0.5) is 16.3 Å². The van der Waals surface area contributed by atoms with E-state index in [0.717, 1.165) is 16.7 Å². The van der Waals surface area contributed by atoms with Gasteiger partial charge in [0.2, 0.25) is 5.91 Å². The van der Waals surface area contributed by atoms with Gasteiger partial charge in [-0.3, -0.25) is 9.48 Å². The maximum atomic E-state index is 13.3. The number of carbonyl (C=O) groups excluding carboxylic acids is 2. The summed E-state index contributed by atoms with van der Waals surface area (Å²) in [6.45, 7) is 7.16. The van der Waals surface area contributed by atoms with Crippen LogP contribution in [0, 0.1) is 0 Å². The molecule has 33 heavy (non-hydrogen) atoms. The zero-order valence-electron chi connectivity index (χ0n) is 19.3. The Hall–Kier alpha value is -3.88. The normalized spacial score (nSPS) is 17.2. The Morgan fingerprint density at radius 1 is 1.12 bits per heavy atom. The zero-order valence-corrected chi connectivity index (χ0v) is 19.3. The Balaban J connectivity index is 1.67. The first-order valence-electron chi connectivity index (χ1n) is 10.7. The third-order valence-electron chi connectivity index (χ3n) is 5.44. The van der Waals surface area contributed by atoms with Crippen LogP contribution in [0.2, 0.25) is 0 Å². The number of nitrogens with one attached hydrogen (secondary N) is 3. The summed E-state index contributed by atoms with van der Waals surface area (Å²) in [6, 6.07) is 10.3. The lowest BCUT2D eigenvalue weighted by Gasteiger charge is -2.41. The van der Waals surface area contributed by atoms with E-state index in [1.54, 1.807) is 44.8 Å². The smallest absolute Gasteiger partial charge is 0.408 e. The number of alkyl carbamates (subject to hydrolysis) is 1. The molecular formula is C24H28N6O3. The number of hydrogen-bond acceptors (Lipinski definition) is 6. The van der Waals surface area contributed by atoms with Gasteiger partial charge >= 0.3 is 6.09 Å². The first-order valence-corrected chi connectivity index (χ1v) is 10.7. The predicted molar refractivity (Wildman–Crippen MR) is 126 cm³/mol. The molecule has 0 aliphatic carbocycles. The molecule has 0 radical (unpaired) electrons. The lowest BCUT2D eigenvalue weighted by molar-refractivity contribution is -0.118. The highest BCUT2D eigenvalue weighted by Gasteiger charge is 2.45. The van der Waals surface area contributed by atoms with Crippen LogP contribution in [0.5, 0.6) is 0 Å². The van der Waals surface area contributed by atoms with Crippen molar-refractivity contribution in [1.82, 2.24) is 20.1 Å². The van der Waals surface area contributed by atoms with E-state index in [9.17, 15) is 9.59 Å². The number of amides is 2. The molecule has 1 aromatic carbocycles. The van der Waals surface area contributed by atoms with Crippen LogP contribution in [0.3, 0.4) is 0 Å². The van der Waals surface area contributed by atoms with Gasteiger partial charge < -0.3 is 20.7 Å². The Kier molecular flexibility index (Phi) is 5.57. The van der Waals surface area contributed by atoms with Gasteiger partial charge in [-0.15, -0.1) is 0 Å². The molecule has 0 saturated heterocycles.